The molecule has 13 heteroatoms. The number of primary amides is 1. The zero-order valence-electron chi connectivity index (χ0n) is 21.0. The number of phenols is 1. The molecule has 39 heavy (non-hydrogen) atoms. The molecule has 1 heterocycles. The van der Waals surface area contributed by atoms with Crippen LogP contribution in [0, 0.1) is 11.8 Å². The molecule has 2 aromatic rings. The van der Waals surface area contributed by atoms with Gasteiger partial charge in [0.15, 0.2) is 11.4 Å². The van der Waals surface area contributed by atoms with E-state index in [4.69, 9.17) is 5.73 Å². The Labute approximate surface area is 221 Å². The van der Waals surface area contributed by atoms with Crippen LogP contribution in [0.5, 0.6) is 5.75 Å². The molecule has 0 saturated heterocycles. The van der Waals surface area contributed by atoms with Gasteiger partial charge in [0.1, 0.15) is 29.1 Å². The number of aliphatic hydroxyl groups is 3. The Hall–Kier alpha value is -4.49. The molecular formula is C26H26N4O9. The van der Waals surface area contributed by atoms with Crippen LogP contribution in [0.1, 0.15) is 33.5 Å². The average molecular weight is 539 g/mol. The van der Waals surface area contributed by atoms with E-state index in [1.54, 1.807) is 6.07 Å². The van der Waals surface area contributed by atoms with Gasteiger partial charge >= 0.3 is 0 Å². The van der Waals surface area contributed by atoms with E-state index in [1.165, 1.54) is 37.5 Å². The molecule has 1 aromatic carbocycles. The van der Waals surface area contributed by atoms with Gasteiger partial charge in [0, 0.05) is 18.0 Å². The van der Waals surface area contributed by atoms with Crippen molar-refractivity contribution in [1.29, 1.82) is 0 Å². The van der Waals surface area contributed by atoms with Gasteiger partial charge in [-0.2, -0.15) is 0 Å². The quantitative estimate of drug-likeness (QED) is 0.276. The third-order valence-electron chi connectivity index (χ3n) is 7.84. The Kier molecular flexibility index (Phi) is 6.07. The number of carbonyl (C=O) groups excluding carboxylic acids is 4. The second-order valence-corrected chi connectivity index (χ2v) is 10.2. The number of aromatic hydroxyl groups is 1. The van der Waals surface area contributed by atoms with Gasteiger partial charge in [0.2, 0.25) is 5.78 Å². The fourth-order valence-corrected chi connectivity index (χ4v) is 6.07. The number of hydrogen-bond acceptors (Lipinski definition) is 11. The van der Waals surface area contributed by atoms with Gasteiger partial charge in [-0.1, -0.05) is 11.2 Å². The molecule has 204 valence electrons. The Balaban J connectivity index is 1.61. The van der Waals surface area contributed by atoms with Gasteiger partial charge in [0.05, 0.1) is 23.4 Å². The van der Waals surface area contributed by atoms with Crippen molar-refractivity contribution in [3.05, 3.63) is 63.8 Å². The van der Waals surface area contributed by atoms with Crippen molar-refractivity contribution in [1.82, 2.24) is 15.4 Å². The second-order valence-electron chi connectivity index (χ2n) is 10.2. The second kappa shape index (κ2) is 9.06. The Morgan fingerprint density at radius 2 is 1.95 bits per heavy atom. The summed E-state index contributed by atoms with van der Waals surface area (Å²) in [5.74, 6) is -7.66. The minimum absolute atomic E-state index is 0.00752. The van der Waals surface area contributed by atoms with Crippen LogP contribution in [0.15, 0.2) is 46.0 Å². The van der Waals surface area contributed by atoms with Crippen LogP contribution in [-0.2, 0) is 27.3 Å². The molecule has 0 radical (unpaired) electrons. The maximum atomic E-state index is 13.8. The number of Topliss-reactive ketones (excluding diaryl/α,β-unsaturated/α-hetero) is 2. The minimum Gasteiger partial charge on any atom is -0.508 e. The van der Waals surface area contributed by atoms with Crippen molar-refractivity contribution < 1.29 is 44.1 Å². The van der Waals surface area contributed by atoms with Crippen LogP contribution in [0.3, 0.4) is 0 Å². The number of benzene rings is 1. The topological polar surface area (TPSA) is 217 Å². The van der Waals surface area contributed by atoms with E-state index in [-0.39, 0.29) is 41.8 Å². The van der Waals surface area contributed by atoms with Crippen molar-refractivity contribution >= 4 is 29.1 Å². The van der Waals surface area contributed by atoms with Crippen LogP contribution in [0.2, 0.25) is 0 Å². The molecule has 1 aromatic heterocycles. The van der Waals surface area contributed by atoms with Crippen LogP contribution in [-0.4, -0.2) is 79.6 Å². The molecule has 3 aliphatic carbocycles. The van der Waals surface area contributed by atoms with Gasteiger partial charge < -0.3 is 36.0 Å². The summed E-state index contributed by atoms with van der Waals surface area (Å²) in [5.41, 5.74) is 2.66. The molecule has 4 atom stereocenters. The zero-order chi connectivity index (χ0) is 28.4. The van der Waals surface area contributed by atoms with E-state index in [1.807, 2.05) is 0 Å². The summed E-state index contributed by atoms with van der Waals surface area (Å²) in [6.07, 6.45) is 2.50. The number of likely N-dealkylation sites (N-methyl/N-ethyl adjacent to an activating group) is 1. The summed E-state index contributed by atoms with van der Waals surface area (Å²) in [4.78, 5) is 52.9. The molecule has 7 N–H and O–H groups in total. The molecule has 5 rings (SSSR count). The molecule has 3 aliphatic rings. The monoisotopic (exact) mass is 538 g/mol. The number of nitrogens with zero attached hydrogens (tertiary/aromatic N) is 2. The number of rotatable bonds is 5. The van der Waals surface area contributed by atoms with Crippen molar-refractivity contribution in [3.63, 3.8) is 0 Å². The van der Waals surface area contributed by atoms with Crippen LogP contribution in [0.4, 0.5) is 0 Å². The van der Waals surface area contributed by atoms with E-state index in [0.717, 1.165) is 0 Å². The van der Waals surface area contributed by atoms with Gasteiger partial charge in [0.25, 0.3) is 11.8 Å². The van der Waals surface area contributed by atoms with Crippen molar-refractivity contribution in [2.24, 2.45) is 17.6 Å². The number of nitrogens with one attached hydrogen (secondary N) is 1. The molecule has 0 unspecified atom stereocenters. The van der Waals surface area contributed by atoms with Gasteiger partial charge in [-0.05, 0) is 50.0 Å². The van der Waals surface area contributed by atoms with Gasteiger partial charge in [-0.15, -0.1) is 0 Å². The van der Waals surface area contributed by atoms with E-state index in [0.29, 0.717) is 11.1 Å². The number of ketones is 2. The van der Waals surface area contributed by atoms with Crippen LogP contribution < -0.4 is 11.1 Å². The molecule has 1 fully saturated rings. The number of aromatic nitrogens is 1. The first kappa shape index (κ1) is 26.1. The lowest BCUT2D eigenvalue weighted by Crippen LogP contribution is -2.65. The predicted octanol–water partition coefficient (Wildman–Crippen LogP) is -0.118. The lowest BCUT2D eigenvalue weighted by Gasteiger charge is -2.50. The van der Waals surface area contributed by atoms with Crippen LogP contribution >= 0.6 is 0 Å². The van der Waals surface area contributed by atoms with Crippen molar-refractivity contribution in [2.45, 2.75) is 31.0 Å². The summed E-state index contributed by atoms with van der Waals surface area (Å²) in [6.45, 7) is 0.00752. The Morgan fingerprint density at radius 1 is 1.23 bits per heavy atom. The highest BCUT2D eigenvalue weighted by molar-refractivity contribution is 6.24. The lowest BCUT2D eigenvalue weighted by molar-refractivity contribution is -0.153. The van der Waals surface area contributed by atoms with Crippen molar-refractivity contribution in [2.75, 3.05) is 14.1 Å². The highest BCUT2D eigenvalue weighted by atomic mass is 16.5. The normalized spacial score (nSPS) is 26.3. The van der Waals surface area contributed by atoms with E-state index in [9.17, 15) is 39.6 Å². The Morgan fingerprint density at radius 3 is 2.56 bits per heavy atom. The zero-order valence-corrected chi connectivity index (χ0v) is 21.0. The number of phenolic OH excluding ortho intramolecular Hbond substituents is 1. The number of carbonyl (C=O) groups is 4. The largest absolute Gasteiger partial charge is 0.508 e. The summed E-state index contributed by atoms with van der Waals surface area (Å²) in [5, 5.41) is 50.6. The van der Waals surface area contributed by atoms with E-state index in [2.05, 4.69) is 15.0 Å². The first-order valence-corrected chi connectivity index (χ1v) is 12.1. The highest BCUT2D eigenvalue weighted by Gasteiger charge is 2.64. The van der Waals surface area contributed by atoms with Gasteiger partial charge in [-0.3, -0.25) is 24.1 Å². The molecule has 13 nitrogen and oxygen atoms in total. The third-order valence-corrected chi connectivity index (χ3v) is 7.84. The maximum Gasteiger partial charge on any atom is 0.256 e. The van der Waals surface area contributed by atoms with Gasteiger partial charge in [-0.25, -0.2) is 0 Å². The summed E-state index contributed by atoms with van der Waals surface area (Å²) in [7, 11) is 3.06. The molecule has 0 spiro atoms. The molecular weight excluding hydrogens is 512 g/mol. The SMILES string of the molecule is CN(C)[C@H]1C(=O)C(C(N)=O)=C(O)[C@]2(O)C(=O)C3=C(O)c4c(O)ccc(CNC(=O)c5cnoc5)c4C[C@@H]3C[C@H]12. The van der Waals surface area contributed by atoms with Crippen molar-refractivity contribution in [3.8, 4) is 5.75 Å². The smallest absolute Gasteiger partial charge is 0.256 e. The van der Waals surface area contributed by atoms with Crippen LogP contribution in [0.25, 0.3) is 5.76 Å². The molecule has 1 saturated carbocycles. The lowest BCUT2D eigenvalue weighted by atomic mass is 9.57. The number of fused-ring (bicyclic) bond motifs is 3. The molecule has 0 bridgehead atoms. The highest BCUT2D eigenvalue weighted by Crippen LogP contribution is 2.52. The maximum absolute atomic E-state index is 13.8. The molecule has 0 aliphatic heterocycles. The third kappa shape index (κ3) is 3.72. The number of amides is 2. The number of aliphatic hydroxyl groups excluding tert-OH is 2. The Bertz CT molecular complexity index is 1490. The fraction of sp³-hybridized carbons (Fsp3) is 0.346. The predicted molar refractivity (Wildman–Crippen MR) is 132 cm³/mol. The standard InChI is InChI=1S/C26H26N4O9/c1-30(2)19-14-6-11-5-13-10(7-28-25(37)12-8-29-39-9-12)3-4-15(31)17(13)20(32)16(11)22(34)26(14,38)23(35)18(21(19)33)24(27)36/h3-4,8-9,11,14,19,31-32,35,38H,5-7H2,1-2H3,(H2,27,36)(H,28,37)/t11-,14-,19-,26-/m1/s1. The fourth-order valence-electron chi connectivity index (χ4n) is 6.07. The molecule has 2 amide bonds. The number of nitrogens with two attached hydrogens (primary N) is 1. The summed E-state index contributed by atoms with van der Waals surface area (Å²) in [6, 6.07) is 1.70. The number of hydrogen-bond donors (Lipinski definition) is 6. The summed E-state index contributed by atoms with van der Waals surface area (Å²) >= 11 is 0. The average Bonchev–Trinajstić information content (AvgIpc) is 3.40. The minimum atomic E-state index is -2.70. The first-order chi connectivity index (χ1) is 18.4. The first-order valence-electron chi connectivity index (χ1n) is 12.1. The van der Waals surface area contributed by atoms with E-state index >= 15 is 0 Å². The summed E-state index contributed by atoms with van der Waals surface area (Å²) < 4.78 is 4.68. The van der Waals surface area contributed by atoms with E-state index < -0.39 is 64.0 Å².